The van der Waals surface area contributed by atoms with Gasteiger partial charge in [-0.2, -0.15) is 0 Å². The van der Waals surface area contributed by atoms with E-state index < -0.39 is 0 Å². The maximum absolute atomic E-state index is 12.9. The largest absolute Gasteiger partial charge is 0.334 e. The quantitative estimate of drug-likeness (QED) is 0.913. The topological polar surface area (TPSA) is 53.2 Å². The Kier molecular flexibility index (Phi) is 4.00. The Morgan fingerprint density at radius 2 is 2.00 bits per heavy atom. The van der Waals surface area contributed by atoms with Crippen molar-refractivity contribution in [1.29, 1.82) is 0 Å². The van der Waals surface area contributed by atoms with Crippen molar-refractivity contribution < 1.29 is 4.79 Å². The van der Waals surface area contributed by atoms with Crippen molar-refractivity contribution in [2.75, 3.05) is 6.54 Å². The number of aromatic nitrogens is 1. The molecule has 3 rings (SSSR count). The summed E-state index contributed by atoms with van der Waals surface area (Å²) >= 11 is 0. The molecule has 4 heteroatoms. The Labute approximate surface area is 136 Å². The SMILES string of the molecule is CC1=C2C(=O)N(Cc3c(C)cc(C)[nH]c3=O)CCC2C(C)C=C1. The summed E-state index contributed by atoms with van der Waals surface area (Å²) in [6, 6.07) is 1.96. The first-order chi connectivity index (χ1) is 10.9. The fourth-order valence-corrected chi connectivity index (χ4v) is 3.80. The number of nitrogens with zero attached hydrogens (tertiary/aromatic N) is 1. The van der Waals surface area contributed by atoms with Crippen LogP contribution in [0.15, 0.2) is 34.2 Å². The van der Waals surface area contributed by atoms with E-state index in [4.69, 9.17) is 0 Å². The Morgan fingerprint density at radius 1 is 1.26 bits per heavy atom. The lowest BCUT2D eigenvalue weighted by molar-refractivity contribution is -0.130. The zero-order chi connectivity index (χ0) is 16.7. The molecule has 0 spiro atoms. The molecule has 1 aromatic heterocycles. The summed E-state index contributed by atoms with van der Waals surface area (Å²) in [5.41, 5.74) is 4.42. The monoisotopic (exact) mass is 312 g/mol. The van der Waals surface area contributed by atoms with Gasteiger partial charge in [0.2, 0.25) is 0 Å². The molecule has 1 N–H and O–H groups in total. The standard InChI is InChI=1S/C19H24N2O2/c1-11-5-6-12(2)17-15(11)7-8-21(19(17)23)10-16-13(3)9-14(4)20-18(16)22/h5-6,9,11,15H,7-8,10H2,1-4H3,(H,20,22). The van der Waals surface area contributed by atoms with Crippen molar-refractivity contribution in [3.63, 3.8) is 0 Å². The summed E-state index contributed by atoms with van der Waals surface area (Å²) in [6.07, 6.45) is 5.22. The van der Waals surface area contributed by atoms with Gasteiger partial charge in [0, 0.05) is 23.4 Å². The highest BCUT2D eigenvalue weighted by Crippen LogP contribution is 2.37. The maximum atomic E-state index is 12.9. The van der Waals surface area contributed by atoms with Crippen LogP contribution in [0.3, 0.4) is 0 Å². The summed E-state index contributed by atoms with van der Waals surface area (Å²) in [6.45, 7) is 9.10. The van der Waals surface area contributed by atoms with Crippen molar-refractivity contribution in [3.8, 4) is 0 Å². The Balaban J connectivity index is 1.91. The molecule has 2 heterocycles. The number of likely N-dealkylation sites (tertiary alicyclic amines) is 1. The molecule has 1 amide bonds. The number of carbonyl (C=O) groups is 1. The van der Waals surface area contributed by atoms with Gasteiger partial charge in [0.1, 0.15) is 0 Å². The second kappa shape index (κ2) is 5.84. The van der Waals surface area contributed by atoms with Crippen LogP contribution in [0.25, 0.3) is 0 Å². The minimum absolute atomic E-state index is 0.0833. The van der Waals surface area contributed by atoms with Gasteiger partial charge in [0.15, 0.2) is 0 Å². The summed E-state index contributed by atoms with van der Waals surface area (Å²) < 4.78 is 0. The molecule has 23 heavy (non-hydrogen) atoms. The number of hydrogen-bond acceptors (Lipinski definition) is 2. The van der Waals surface area contributed by atoms with E-state index in [0.717, 1.165) is 28.8 Å². The number of hydrogen-bond donors (Lipinski definition) is 1. The number of pyridine rings is 1. The van der Waals surface area contributed by atoms with Crippen molar-refractivity contribution in [1.82, 2.24) is 9.88 Å². The van der Waals surface area contributed by atoms with Crippen molar-refractivity contribution in [3.05, 3.63) is 56.5 Å². The second-order valence-electron chi connectivity index (χ2n) is 6.88. The van der Waals surface area contributed by atoms with Gasteiger partial charge in [-0.15, -0.1) is 0 Å². The number of allylic oxidation sites excluding steroid dienone is 3. The van der Waals surface area contributed by atoms with E-state index in [-0.39, 0.29) is 11.5 Å². The fraction of sp³-hybridized carbons (Fsp3) is 0.474. The number of nitrogens with one attached hydrogen (secondary N) is 1. The predicted molar refractivity (Wildman–Crippen MR) is 91.1 cm³/mol. The minimum atomic E-state index is -0.0833. The van der Waals surface area contributed by atoms with Gasteiger partial charge < -0.3 is 9.88 Å². The molecule has 2 unspecified atom stereocenters. The third kappa shape index (κ3) is 2.78. The number of aryl methyl sites for hydroxylation is 2. The third-order valence-electron chi connectivity index (χ3n) is 5.15. The highest BCUT2D eigenvalue weighted by molar-refractivity contribution is 5.96. The molecule has 122 valence electrons. The van der Waals surface area contributed by atoms with Crippen LogP contribution in [0.1, 0.15) is 37.1 Å². The van der Waals surface area contributed by atoms with E-state index in [2.05, 4.69) is 24.1 Å². The molecular formula is C19H24N2O2. The first kappa shape index (κ1) is 15.8. The third-order valence-corrected chi connectivity index (χ3v) is 5.15. The zero-order valence-corrected chi connectivity index (χ0v) is 14.3. The van der Waals surface area contributed by atoms with Crippen LogP contribution in [-0.4, -0.2) is 22.3 Å². The van der Waals surface area contributed by atoms with Crippen molar-refractivity contribution in [2.45, 2.75) is 40.7 Å². The molecule has 4 nitrogen and oxygen atoms in total. The molecule has 1 aliphatic carbocycles. The van der Waals surface area contributed by atoms with Gasteiger partial charge in [0.05, 0.1) is 6.54 Å². The molecule has 1 aromatic rings. The normalized spacial score (nSPS) is 24.2. The van der Waals surface area contributed by atoms with Crippen LogP contribution in [0.2, 0.25) is 0 Å². The molecule has 2 aliphatic rings. The highest BCUT2D eigenvalue weighted by atomic mass is 16.2. The first-order valence-corrected chi connectivity index (χ1v) is 8.26. The van der Waals surface area contributed by atoms with E-state index in [9.17, 15) is 9.59 Å². The number of H-pyrrole nitrogens is 1. The summed E-state index contributed by atoms with van der Waals surface area (Å²) in [7, 11) is 0. The molecule has 1 aliphatic heterocycles. The molecule has 0 radical (unpaired) electrons. The first-order valence-electron chi connectivity index (χ1n) is 8.26. The van der Waals surface area contributed by atoms with Crippen LogP contribution in [0.5, 0.6) is 0 Å². The summed E-state index contributed by atoms with van der Waals surface area (Å²) in [5.74, 6) is 0.819. The van der Waals surface area contributed by atoms with Crippen molar-refractivity contribution in [2.24, 2.45) is 11.8 Å². The van der Waals surface area contributed by atoms with Gasteiger partial charge in [0.25, 0.3) is 11.5 Å². The number of amides is 1. The average molecular weight is 312 g/mol. The lowest BCUT2D eigenvalue weighted by Gasteiger charge is -2.38. The van der Waals surface area contributed by atoms with Crippen LogP contribution in [0.4, 0.5) is 0 Å². The predicted octanol–water partition coefficient (Wildman–Crippen LogP) is 2.86. The number of rotatable bonds is 2. The van der Waals surface area contributed by atoms with E-state index in [1.165, 1.54) is 0 Å². The van der Waals surface area contributed by atoms with Gasteiger partial charge >= 0.3 is 0 Å². The number of fused-ring (bicyclic) bond motifs is 1. The smallest absolute Gasteiger partial charge is 0.253 e. The molecule has 2 atom stereocenters. The van der Waals surface area contributed by atoms with Crippen molar-refractivity contribution >= 4 is 5.91 Å². The lowest BCUT2D eigenvalue weighted by Crippen LogP contribution is -2.43. The Hall–Kier alpha value is -2.10. The van der Waals surface area contributed by atoms with E-state index >= 15 is 0 Å². The molecular weight excluding hydrogens is 288 g/mol. The van der Waals surface area contributed by atoms with Gasteiger partial charge in [-0.3, -0.25) is 9.59 Å². The van der Waals surface area contributed by atoms with Gasteiger partial charge in [-0.05, 0) is 56.2 Å². The molecule has 1 saturated heterocycles. The number of piperidine rings is 1. The molecule has 0 aromatic carbocycles. The van der Waals surface area contributed by atoms with Gasteiger partial charge in [-0.25, -0.2) is 0 Å². The molecule has 1 fully saturated rings. The number of carbonyl (C=O) groups excluding carboxylic acids is 1. The van der Waals surface area contributed by atoms with Crippen LogP contribution in [0, 0.1) is 25.7 Å². The second-order valence-corrected chi connectivity index (χ2v) is 6.88. The van der Waals surface area contributed by atoms with E-state index in [1.54, 1.807) is 0 Å². The summed E-state index contributed by atoms with van der Waals surface area (Å²) in [4.78, 5) is 29.8. The Morgan fingerprint density at radius 3 is 2.70 bits per heavy atom. The van der Waals surface area contributed by atoms with Crippen LogP contribution < -0.4 is 5.56 Å². The van der Waals surface area contributed by atoms with Crippen LogP contribution >= 0.6 is 0 Å². The molecule has 0 saturated carbocycles. The van der Waals surface area contributed by atoms with Crippen LogP contribution in [-0.2, 0) is 11.3 Å². The molecule has 0 bridgehead atoms. The number of aromatic amines is 1. The maximum Gasteiger partial charge on any atom is 0.253 e. The zero-order valence-electron chi connectivity index (χ0n) is 14.3. The summed E-state index contributed by atoms with van der Waals surface area (Å²) in [5, 5.41) is 0. The lowest BCUT2D eigenvalue weighted by atomic mass is 9.76. The fourth-order valence-electron chi connectivity index (χ4n) is 3.80. The highest BCUT2D eigenvalue weighted by Gasteiger charge is 2.36. The van der Waals surface area contributed by atoms with E-state index in [0.29, 0.717) is 30.5 Å². The van der Waals surface area contributed by atoms with Gasteiger partial charge in [-0.1, -0.05) is 19.1 Å². The Bertz CT molecular complexity index is 770. The van der Waals surface area contributed by atoms with E-state index in [1.807, 2.05) is 31.7 Å². The average Bonchev–Trinajstić information content (AvgIpc) is 2.48. The minimum Gasteiger partial charge on any atom is -0.334 e.